The van der Waals surface area contributed by atoms with Crippen LogP contribution >= 0.6 is 0 Å². The monoisotopic (exact) mass is 237 g/mol. The predicted octanol–water partition coefficient (Wildman–Crippen LogP) is 0.824. The molecule has 0 spiro atoms. The second-order valence-corrected chi connectivity index (χ2v) is 6.11. The number of nitrogens with one attached hydrogen (secondary N) is 1. The minimum atomic E-state index is -2.84. The zero-order chi connectivity index (χ0) is 11.9. The lowest BCUT2D eigenvalue weighted by Crippen LogP contribution is -2.38. The molecule has 0 aliphatic rings. The van der Waals surface area contributed by atoms with Gasteiger partial charge in [0.15, 0.2) is 0 Å². The van der Waals surface area contributed by atoms with Crippen LogP contribution in [0.4, 0.5) is 0 Å². The number of hydrogen-bond acceptors (Lipinski definition) is 4. The lowest BCUT2D eigenvalue weighted by molar-refractivity contribution is 0.0648. The standard InChI is InChI=1S/C10H23NO3S/c1-5-10(14-3)9(11-2)7-6-8-15(4,12)13/h9-11H,5-8H2,1-4H3. The van der Waals surface area contributed by atoms with Gasteiger partial charge in [0.25, 0.3) is 0 Å². The Kier molecular flexibility index (Phi) is 7.13. The maximum absolute atomic E-state index is 11.0. The van der Waals surface area contributed by atoms with Crippen LogP contribution in [-0.4, -0.2) is 46.7 Å². The van der Waals surface area contributed by atoms with Crippen LogP contribution in [0.5, 0.6) is 0 Å². The predicted molar refractivity (Wildman–Crippen MR) is 62.9 cm³/mol. The van der Waals surface area contributed by atoms with Crippen molar-refractivity contribution in [2.75, 3.05) is 26.2 Å². The van der Waals surface area contributed by atoms with E-state index in [2.05, 4.69) is 12.2 Å². The third-order valence-corrected chi connectivity index (χ3v) is 3.59. The molecule has 4 nitrogen and oxygen atoms in total. The topological polar surface area (TPSA) is 55.4 Å². The molecular formula is C10H23NO3S. The molecule has 0 rings (SSSR count). The zero-order valence-corrected chi connectivity index (χ0v) is 10.9. The van der Waals surface area contributed by atoms with E-state index in [1.54, 1.807) is 7.11 Å². The van der Waals surface area contributed by atoms with Gasteiger partial charge < -0.3 is 10.1 Å². The fourth-order valence-electron chi connectivity index (χ4n) is 1.70. The number of ether oxygens (including phenoxy) is 1. The molecule has 1 N–H and O–H groups in total. The Bertz CT molecular complexity index is 247. The van der Waals surface area contributed by atoms with Gasteiger partial charge in [0.2, 0.25) is 0 Å². The first-order valence-electron chi connectivity index (χ1n) is 5.32. The molecule has 2 atom stereocenters. The van der Waals surface area contributed by atoms with Gasteiger partial charge in [0, 0.05) is 25.2 Å². The summed E-state index contributed by atoms with van der Waals surface area (Å²) in [6, 6.07) is 0.238. The van der Waals surface area contributed by atoms with Crippen LogP contribution in [0.2, 0.25) is 0 Å². The molecule has 0 heterocycles. The average molecular weight is 237 g/mol. The Labute approximate surface area is 93.3 Å². The lowest BCUT2D eigenvalue weighted by atomic mass is 10.0. The highest BCUT2D eigenvalue weighted by atomic mass is 32.2. The summed E-state index contributed by atoms with van der Waals surface area (Å²) in [5, 5.41) is 3.17. The van der Waals surface area contributed by atoms with Gasteiger partial charge in [-0.1, -0.05) is 6.92 Å². The minimum absolute atomic E-state index is 0.162. The molecule has 0 aromatic heterocycles. The van der Waals surface area contributed by atoms with Gasteiger partial charge in [-0.05, 0) is 26.3 Å². The van der Waals surface area contributed by atoms with Gasteiger partial charge in [-0.2, -0.15) is 0 Å². The van der Waals surface area contributed by atoms with Gasteiger partial charge >= 0.3 is 0 Å². The second kappa shape index (κ2) is 7.19. The number of likely N-dealkylation sites (N-methyl/N-ethyl adjacent to an activating group) is 1. The summed E-state index contributed by atoms with van der Waals surface area (Å²) in [4.78, 5) is 0. The molecule has 2 unspecified atom stereocenters. The average Bonchev–Trinajstić information content (AvgIpc) is 2.15. The van der Waals surface area contributed by atoms with Crippen LogP contribution in [0.25, 0.3) is 0 Å². The molecule has 0 aromatic rings. The van der Waals surface area contributed by atoms with E-state index < -0.39 is 9.84 Å². The third-order valence-electron chi connectivity index (χ3n) is 2.55. The van der Waals surface area contributed by atoms with Crippen LogP contribution in [-0.2, 0) is 14.6 Å². The molecule has 5 heteroatoms. The third kappa shape index (κ3) is 6.87. The molecule has 0 aromatic carbocycles. The van der Waals surface area contributed by atoms with Gasteiger partial charge in [-0.25, -0.2) is 8.42 Å². The van der Waals surface area contributed by atoms with Gasteiger partial charge in [-0.3, -0.25) is 0 Å². The zero-order valence-electron chi connectivity index (χ0n) is 10.1. The van der Waals surface area contributed by atoms with Crippen molar-refractivity contribution < 1.29 is 13.2 Å². The van der Waals surface area contributed by atoms with Gasteiger partial charge in [-0.15, -0.1) is 0 Å². The van der Waals surface area contributed by atoms with E-state index >= 15 is 0 Å². The Balaban J connectivity index is 4.00. The van der Waals surface area contributed by atoms with E-state index in [0.717, 1.165) is 12.8 Å². The van der Waals surface area contributed by atoms with Crippen LogP contribution in [0.15, 0.2) is 0 Å². The fourth-order valence-corrected chi connectivity index (χ4v) is 2.39. The van der Waals surface area contributed by atoms with Crippen molar-refractivity contribution in [1.29, 1.82) is 0 Å². The van der Waals surface area contributed by atoms with Crippen molar-refractivity contribution in [3.05, 3.63) is 0 Å². The van der Waals surface area contributed by atoms with Gasteiger partial charge in [0.1, 0.15) is 9.84 Å². The van der Waals surface area contributed by atoms with Crippen LogP contribution < -0.4 is 5.32 Å². The first-order valence-corrected chi connectivity index (χ1v) is 7.38. The van der Waals surface area contributed by atoms with E-state index in [1.807, 2.05) is 7.05 Å². The molecule has 0 fully saturated rings. The molecule has 0 aliphatic heterocycles. The molecule has 0 aliphatic carbocycles. The summed E-state index contributed by atoms with van der Waals surface area (Å²) in [5.41, 5.74) is 0. The smallest absolute Gasteiger partial charge is 0.147 e. The summed E-state index contributed by atoms with van der Waals surface area (Å²) in [6.07, 6.45) is 3.88. The SMILES string of the molecule is CCC(OC)C(CCCS(C)(=O)=O)NC. The van der Waals surface area contributed by atoms with Gasteiger partial charge in [0.05, 0.1) is 6.10 Å². The molecule has 0 saturated heterocycles. The number of rotatable bonds is 8. The Morgan fingerprint density at radius 3 is 2.33 bits per heavy atom. The molecule has 0 amide bonds. The number of methoxy groups -OCH3 is 1. The minimum Gasteiger partial charge on any atom is -0.380 e. The summed E-state index contributed by atoms with van der Waals surface area (Å²) in [7, 11) is 0.736. The first-order chi connectivity index (χ1) is 6.94. The summed E-state index contributed by atoms with van der Waals surface area (Å²) in [6.45, 7) is 2.06. The van der Waals surface area contributed by atoms with Crippen molar-refractivity contribution in [3.8, 4) is 0 Å². The van der Waals surface area contributed by atoms with Crippen LogP contribution in [0, 0.1) is 0 Å². The molecule has 15 heavy (non-hydrogen) atoms. The van der Waals surface area contributed by atoms with E-state index in [0.29, 0.717) is 6.42 Å². The maximum Gasteiger partial charge on any atom is 0.147 e. The van der Waals surface area contributed by atoms with E-state index in [-0.39, 0.29) is 17.9 Å². The van der Waals surface area contributed by atoms with Crippen LogP contribution in [0.1, 0.15) is 26.2 Å². The van der Waals surface area contributed by atoms with E-state index in [1.165, 1.54) is 6.26 Å². The van der Waals surface area contributed by atoms with Crippen LogP contribution in [0.3, 0.4) is 0 Å². The fraction of sp³-hybridized carbons (Fsp3) is 1.00. The quantitative estimate of drug-likeness (QED) is 0.679. The highest BCUT2D eigenvalue weighted by Crippen LogP contribution is 2.09. The molecular weight excluding hydrogens is 214 g/mol. The highest BCUT2D eigenvalue weighted by molar-refractivity contribution is 7.90. The van der Waals surface area contributed by atoms with Crippen molar-refractivity contribution in [2.45, 2.75) is 38.3 Å². The summed E-state index contributed by atoms with van der Waals surface area (Å²) < 4.78 is 27.2. The maximum atomic E-state index is 11.0. The molecule has 92 valence electrons. The van der Waals surface area contributed by atoms with E-state index in [9.17, 15) is 8.42 Å². The van der Waals surface area contributed by atoms with Crippen molar-refractivity contribution in [1.82, 2.24) is 5.32 Å². The first kappa shape index (κ1) is 14.9. The largest absolute Gasteiger partial charge is 0.380 e. The normalized spacial score (nSPS) is 16.3. The molecule has 0 bridgehead atoms. The summed E-state index contributed by atoms with van der Waals surface area (Å²) in [5.74, 6) is 0.255. The lowest BCUT2D eigenvalue weighted by Gasteiger charge is -2.24. The van der Waals surface area contributed by atoms with E-state index in [4.69, 9.17) is 4.74 Å². The van der Waals surface area contributed by atoms with Crippen molar-refractivity contribution in [2.24, 2.45) is 0 Å². The molecule has 0 saturated carbocycles. The Morgan fingerprint density at radius 1 is 1.40 bits per heavy atom. The second-order valence-electron chi connectivity index (χ2n) is 3.85. The number of sulfone groups is 1. The summed E-state index contributed by atoms with van der Waals surface area (Å²) >= 11 is 0. The Morgan fingerprint density at radius 2 is 2.00 bits per heavy atom. The van der Waals surface area contributed by atoms with Crippen molar-refractivity contribution >= 4 is 9.84 Å². The van der Waals surface area contributed by atoms with Crippen molar-refractivity contribution in [3.63, 3.8) is 0 Å². The molecule has 0 radical (unpaired) electrons. The highest BCUT2D eigenvalue weighted by Gasteiger charge is 2.17. The number of hydrogen-bond donors (Lipinski definition) is 1. The Hall–Kier alpha value is -0.130.